The minimum atomic E-state index is -0.474. The van der Waals surface area contributed by atoms with Crippen LogP contribution in [-0.2, 0) is 9.59 Å². The number of hydrogen-bond acceptors (Lipinski definition) is 3. The highest BCUT2D eigenvalue weighted by molar-refractivity contribution is 6.00. The highest BCUT2D eigenvalue weighted by Gasteiger charge is 2.29. The summed E-state index contributed by atoms with van der Waals surface area (Å²) in [4.78, 5) is 25.8. The second-order valence-corrected chi connectivity index (χ2v) is 6.93. The van der Waals surface area contributed by atoms with Gasteiger partial charge in [-0.05, 0) is 37.5 Å². The molecule has 24 heavy (non-hydrogen) atoms. The van der Waals surface area contributed by atoms with Gasteiger partial charge in [-0.3, -0.25) is 9.59 Å². The topological polar surface area (TPSA) is 58.6 Å². The summed E-state index contributed by atoms with van der Waals surface area (Å²) in [6.45, 7) is 1.74. The summed E-state index contributed by atoms with van der Waals surface area (Å²) in [7, 11) is 1.73. The number of fused-ring (bicyclic) bond motifs is 1. The maximum absolute atomic E-state index is 12.2. The Morgan fingerprint density at radius 2 is 2.04 bits per heavy atom. The molecule has 0 radical (unpaired) electrons. The van der Waals surface area contributed by atoms with Gasteiger partial charge in [0.25, 0.3) is 5.91 Å². The number of nitrogens with zero attached hydrogens (tertiary/aromatic N) is 1. The molecule has 0 aromatic heterocycles. The second kappa shape index (κ2) is 7.24. The maximum Gasteiger partial charge on any atom is 0.267 e. The fraction of sp³-hybridized carbons (Fsp3) is 0.579. The molecule has 1 heterocycles. The van der Waals surface area contributed by atoms with E-state index in [1.54, 1.807) is 24.9 Å². The van der Waals surface area contributed by atoms with Crippen molar-refractivity contribution < 1.29 is 14.3 Å². The molecular formula is C19H26N2O3. The predicted molar refractivity (Wildman–Crippen MR) is 94.4 cm³/mol. The van der Waals surface area contributed by atoms with Crippen molar-refractivity contribution in [2.45, 2.75) is 58.0 Å². The lowest BCUT2D eigenvalue weighted by Gasteiger charge is -2.30. The van der Waals surface area contributed by atoms with Gasteiger partial charge in [-0.2, -0.15) is 0 Å². The molecule has 0 spiro atoms. The van der Waals surface area contributed by atoms with Gasteiger partial charge in [-0.1, -0.05) is 32.1 Å². The highest BCUT2D eigenvalue weighted by atomic mass is 16.5. The zero-order valence-electron chi connectivity index (χ0n) is 14.5. The van der Waals surface area contributed by atoms with Gasteiger partial charge in [0.2, 0.25) is 5.91 Å². The number of benzene rings is 1. The monoisotopic (exact) mass is 330 g/mol. The van der Waals surface area contributed by atoms with E-state index >= 15 is 0 Å². The Labute approximate surface area is 143 Å². The zero-order valence-corrected chi connectivity index (χ0v) is 14.5. The summed E-state index contributed by atoms with van der Waals surface area (Å²) in [5, 5.41) is 2.95. The average molecular weight is 330 g/mol. The largest absolute Gasteiger partial charge is 0.479 e. The molecule has 2 aliphatic rings. The van der Waals surface area contributed by atoms with E-state index in [0.29, 0.717) is 29.5 Å². The zero-order chi connectivity index (χ0) is 17.1. The van der Waals surface area contributed by atoms with Crippen molar-refractivity contribution in [3.05, 3.63) is 18.2 Å². The smallest absolute Gasteiger partial charge is 0.267 e. The van der Waals surface area contributed by atoms with Crippen LogP contribution in [0.1, 0.15) is 51.9 Å². The predicted octanol–water partition coefficient (Wildman–Crippen LogP) is 3.73. The third kappa shape index (κ3) is 3.71. The van der Waals surface area contributed by atoms with Gasteiger partial charge in [-0.25, -0.2) is 0 Å². The number of hydrogen-bond donors (Lipinski definition) is 1. The number of amides is 2. The van der Waals surface area contributed by atoms with Crippen molar-refractivity contribution in [2.24, 2.45) is 5.92 Å². The summed E-state index contributed by atoms with van der Waals surface area (Å²) in [6, 6.07) is 5.44. The minimum Gasteiger partial charge on any atom is -0.479 e. The Morgan fingerprint density at radius 1 is 1.29 bits per heavy atom. The van der Waals surface area contributed by atoms with Crippen LogP contribution in [0.15, 0.2) is 18.2 Å². The third-order valence-corrected chi connectivity index (χ3v) is 5.09. The molecule has 1 aromatic carbocycles. The van der Waals surface area contributed by atoms with Gasteiger partial charge in [0.1, 0.15) is 5.75 Å². The van der Waals surface area contributed by atoms with Crippen LogP contribution in [0.4, 0.5) is 11.4 Å². The molecule has 5 heteroatoms. The molecule has 130 valence electrons. The first-order chi connectivity index (χ1) is 11.5. The molecule has 1 aliphatic heterocycles. The average Bonchev–Trinajstić information content (AvgIpc) is 2.59. The fourth-order valence-electron chi connectivity index (χ4n) is 3.62. The van der Waals surface area contributed by atoms with E-state index < -0.39 is 6.10 Å². The normalized spacial score (nSPS) is 21.2. The lowest BCUT2D eigenvalue weighted by molar-refractivity contribution is -0.125. The maximum atomic E-state index is 12.2. The number of nitrogens with one attached hydrogen (secondary N) is 1. The Morgan fingerprint density at radius 3 is 2.79 bits per heavy atom. The summed E-state index contributed by atoms with van der Waals surface area (Å²) >= 11 is 0. The molecule has 0 saturated heterocycles. The van der Waals surface area contributed by atoms with Crippen molar-refractivity contribution in [1.82, 2.24) is 0 Å². The fourth-order valence-corrected chi connectivity index (χ4v) is 3.62. The molecule has 1 unspecified atom stereocenters. The Kier molecular flexibility index (Phi) is 5.07. The first kappa shape index (κ1) is 16.8. The summed E-state index contributed by atoms with van der Waals surface area (Å²) in [5.41, 5.74) is 1.41. The second-order valence-electron chi connectivity index (χ2n) is 6.93. The van der Waals surface area contributed by atoms with E-state index in [-0.39, 0.29) is 11.8 Å². The minimum absolute atomic E-state index is 0.0413. The van der Waals surface area contributed by atoms with Crippen LogP contribution < -0.4 is 15.0 Å². The molecule has 3 rings (SSSR count). The van der Waals surface area contributed by atoms with E-state index in [1.165, 1.54) is 32.1 Å². The van der Waals surface area contributed by atoms with Crippen molar-refractivity contribution >= 4 is 23.2 Å². The molecule has 1 aromatic rings. The van der Waals surface area contributed by atoms with Crippen LogP contribution in [0, 0.1) is 5.92 Å². The molecule has 2 amide bonds. The third-order valence-electron chi connectivity index (χ3n) is 5.09. The lowest BCUT2D eigenvalue weighted by atomic mass is 9.86. The number of rotatable bonds is 4. The van der Waals surface area contributed by atoms with Crippen molar-refractivity contribution in [3.8, 4) is 5.75 Å². The van der Waals surface area contributed by atoms with Crippen molar-refractivity contribution in [2.75, 3.05) is 17.3 Å². The standard InChI is InChI=1S/C19H26N2O3/c1-13-19(23)21(2)16-12-15(9-10-17(16)24-13)20-18(22)11-8-14-6-4-3-5-7-14/h9-10,12-14H,3-8,11H2,1-2H3,(H,20,22). The van der Waals surface area contributed by atoms with Crippen LogP contribution in [0.25, 0.3) is 0 Å². The van der Waals surface area contributed by atoms with E-state index in [0.717, 1.165) is 6.42 Å². The molecular weight excluding hydrogens is 304 g/mol. The summed E-state index contributed by atoms with van der Waals surface area (Å²) in [6.07, 6.45) is 7.51. The van der Waals surface area contributed by atoms with Crippen molar-refractivity contribution in [3.63, 3.8) is 0 Å². The van der Waals surface area contributed by atoms with Crippen LogP contribution >= 0.6 is 0 Å². The van der Waals surface area contributed by atoms with Gasteiger partial charge in [0.15, 0.2) is 6.10 Å². The van der Waals surface area contributed by atoms with Crippen LogP contribution in [-0.4, -0.2) is 25.0 Å². The number of ether oxygens (including phenoxy) is 1. The Bertz CT molecular complexity index is 623. The van der Waals surface area contributed by atoms with Gasteiger partial charge in [0.05, 0.1) is 5.69 Å². The van der Waals surface area contributed by atoms with Gasteiger partial charge in [-0.15, -0.1) is 0 Å². The number of carbonyl (C=O) groups is 2. The molecule has 0 bridgehead atoms. The number of carbonyl (C=O) groups excluding carboxylic acids is 2. The SMILES string of the molecule is CC1Oc2ccc(NC(=O)CCC3CCCCC3)cc2N(C)C1=O. The molecule has 1 saturated carbocycles. The van der Waals surface area contributed by atoms with E-state index in [9.17, 15) is 9.59 Å². The highest BCUT2D eigenvalue weighted by Crippen LogP contribution is 2.35. The number of anilines is 2. The van der Waals surface area contributed by atoms with Crippen LogP contribution in [0.3, 0.4) is 0 Å². The molecule has 5 nitrogen and oxygen atoms in total. The van der Waals surface area contributed by atoms with E-state index in [1.807, 2.05) is 12.1 Å². The summed E-state index contributed by atoms with van der Waals surface area (Å²) in [5.74, 6) is 1.33. The number of likely N-dealkylation sites (N-methyl/N-ethyl adjacent to an activating group) is 1. The van der Waals surface area contributed by atoms with Gasteiger partial charge >= 0.3 is 0 Å². The first-order valence-electron chi connectivity index (χ1n) is 8.92. The van der Waals surface area contributed by atoms with E-state index in [2.05, 4.69) is 5.32 Å². The quantitative estimate of drug-likeness (QED) is 0.915. The van der Waals surface area contributed by atoms with Crippen LogP contribution in [0.2, 0.25) is 0 Å². The molecule has 1 atom stereocenters. The first-order valence-corrected chi connectivity index (χ1v) is 8.92. The Hall–Kier alpha value is -2.04. The lowest BCUT2D eigenvalue weighted by Crippen LogP contribution is -2.41. The molecule has 1 fully saturated rings. The van der Waals surface area contributed by atoms with Crippen molar-refractivity contribution in [1.29, 1.82) is 0 Å². The Balaban J connectivity index is 1.59. The summed E-state index contributed by atoms with van der Waals surface area (Å²) < 4.78 is 5.60. The van der Waals surface area contributed by atoms with E-state index in [4.69, 9.17) is 4.74 Å². The molecule has 1 aliphatic carbocycles. The van der Waals surface area contributed by atoms with Crippen LogP contribution in [0.5, 0.6) is 5.75 Å². The van der Waals surface area contributed by atoms with Gasteiger partial charge < -0.3 is 15.0 Å². The van der Waals surface area contributed by atoms with Gasteiger partial charge in [0, 0.05) is 19.2 Å². The molecule has 1 N–H and O–H groups in total.